The van der Waals surface area contributed by atoms with E-state index in [0.29, 0.717) is 24.5 Å². The highest BCUT2D eigenvalue weighted by Gasteiger charge is 2.24. The molecule has 3 rings (SSSR count). The van der Waals surface area contributed by atoms with E-state index in [0.717, 1.165) is 24.2 Å². The number of aromatic nitrogens is 2. The van der Waals surface area contributed by atoms with Crippen molar-refractivity contribution in [2.45, 2.75) is 52.4 Å². The molecule has 1 aromatic heterocycles. The van der Waals surface area contributed by atoms with Gasteiger partial charge >= 0.3 is 0 Å². The highest BCUT2D eigenvalue weighted by atomic mass is 16.6. The monoisotopic (exact) mass is 521 g/mol. The van der Waals surface area contributed by atoms with Crippen LogP contribution in [0.5, 0.6) is 5.75 Å². The summed E-state index contributed by atoms with van der Waals surface area (Å²) >= 11 is 0. The van der Waals surface area contributed by atoms with Gasteiger partial charge < -0.3 is 15.0 Å². The van der Waals surface area contributed by atoms with Gasteiger partial charge in [-0.25, -0.2) is 4.68 Å². The van der Waals surface area contributed by atoms with Crippen LogP contribution in [0, 0.1) is 10.1 Å². The fraction of sp³-hybridized carbons (Fsp3) is 0.393. The van der Waals surface area contributed by atoms with E-state index in [4.69, 9.17) is 9.84 Å². The number of anilines is 1. The van der Waals surface area contributed by atoms with Crippen LogP contribution in [-0.2, 0) is 10.2 Å². The summed E-state index contributed by atoms with van der Waals surface area (Å²) < 4.78 is 6.90. The molecule has 0 aliphatic rings. The Morgan fingerprint density at radius 3 is 2.42 bits per heavy atom. The smallest absolute Gasteiger partial charge is 0.270 e. The molecule has 202 valence electrons. The highest BCUT2D eigenvalue weighted by Crippen LogP contribution is 2.27. The van der Waals surface area contributed by atoms with E-state index in [-0.39, 0.29) is 23.2 Å². The lowest BCUT2D eigenvalue weighted by atomic mass is 9.92. The first-order chi connectivity index (χ1) is 18.0. The largest absolute Gasteiger partial charge is 0.497 e. The lowest BCUT2D eigenvalue weighted by molar-refractivity contribution is -0.384. The Kier molecular flexibility index (Phi) is 9.22. The van der Waals surface area contributed by atoms with Crippen LogP contribution in [0.25, 0.3) is 5.69 Å². The zero-order valence-electron chi connectivity index (χ0n) is 22.6. The van der Waals surface area contributed by atoms with Crippen LogP contribution in [0.15, 0.2) is 54.6 Å². The number of hydrogen-bond donors (Lipinski definition) is 1. The van der Waals surface area contributed by atoms with Crippen molar-refractivity contribution in [1.82, 2.24) is 14.7 Å². The minimum absolute atomic E-state index is 0.168. The first-order valence-electron chi connectivity index (χ1n) is 12.6. The molecule has 10 nitrogen and oxygen atoms in total. The van der Waals surface area contributed by atoms with E-state index >= 15 is 0 Å². The number of methoxy groups -OCH3 is 1. The summed E-state index contributed by atoms with van der Waals surface area (Å²) in [4.78, 5) is 38.6. The Hall–Kier alpha value is -4.21. The maximum atomic E-state index is 13.3. The molecule has 0 bridgehead atoms. The van der Waals surface area contributed by atoms with Crippen molar-refractivity contribution in [2.75, 3.05) is 25.5 Å². The molecular weight excluding hydrogens is 486 g/mol. The summed E-state index contributed by atoms with van der Waals surface area (Å²) in [6.07, 6.45) is 2.55. The molecule has 2 amide bonds. The maximum Gasteiger partial charge on any atom is 0.270 e. The number of unbranched alkanes of at least 4 members (excludes halogenated alkanes) is 2. The van der Waals surface area contributed by atoms with E-state index in [2.05, 4.69) is 5.32 Å². The maximum absolute atomic E-state index is 13.3. The van der Waals surface area contributed by atoms with E-state index in [1.807, 2.05) is 58.0 Å². The van der Waals surface area contributed by atoms with Crippen LogP contribution < -0.4 is 10.1 Å². The minimum Gasteiger partial charge on any atom is -0.497 e. The third-order valence-corrected chi connectivity index (χ3v) is 6.02. The highest BCUT2D eigenvalue weighted by molar-refractivity contribution is 5.99. The third kappa shape index (κ3) is 7.18. The Morgan fingerprint density at radius 1 is 1.11 bits per heavy atom. The van der Waals surface area contributed by atoms with Gasteiger partial charge in [0.2, 0.25) is 5.91 Å². The molecule has 1 heterocycles. The van der Waals surface area contributed by atoms with Crippen molar-refractivity contribution in [2.24, 2.45) is 0 Å². The molecule has 2 aromatic carbocycles. The quantitative estimate of drug-likeness (QED) is 0.206. The lowest BCUT2D eigenvalue weighted by Crippen LogP contribution is -2.39. The molecule has 0 fully saturated rings. The number of nitro benzene ring substituents is 1. The van der Waals surface area contributed by atoms with Crippen molar-refractivity contribution in [3.05, 3.63) is 76.0 Å². The van der Waals surface area contributed by atoms with Gasteiger partial charge in [-0.1, -0.05) is 46.6 Å². The van der Waals surface area contributed by atoms with Crippen LogP contribution in [0.3, 0.4) is 0 Å². The van der Waals surface area contributed by atoms with Crippen LogP contribution in [0.2, 0.25) is 0 Å². The number of ether oxygens (including phenoxy) is 1. The number of non-ortho nitro benzene ring substituents is 1. The predicted octanol–water partition coefficient (Wildman–Crippen LogP) is 5.36. The molecule has 10 heteroatoms. The molecule has 0 unspecified atom stereocenters. The van der Waals surface area contributed by atoms with Crippen molar-refractivity contribution in [3.8, 4) is 11.4 Å². The number of carbonyl (C=O) groups excluding carboxylic acids is 2. The molecular formula is C28H35N5O5. The number of carbonyl (C=O) groups is 2. The van der Waals surface area contributed by atoms with Gasteiger partial charge in [0.15, 0.2) is 0 Å². The third-order valence-electron chi connectivity index (χ3n) is 6.02. The van der Waals surface area contributed by atoms with Crippen molar-refractivity contribution in [3.63, 3.8) is 0 Å². The van der Waals surface area contributed by atoms with Crippen molar-refractivity contribution >= 4 is 23.3 Å². The Labute approximate surface area is 222 Å². The minimum atomic E-state index is -0.544. The Balaban J connectivity index is 1.87. The van der Waals surface area contributed by atoms with Gasteiger partial charge in [-0.2, -0.15) is 5.10 Å². The van der Waals surface area contributed by atoms with E-state index < -0.39 is 16.7 Å². The first kappa shape index (κ1) is 28.4. The second kappa shape index (κ2) is 12.4. The van der Waals surface area contributed by atoms with Gasteiger partial charge in [0, 0.05) is 35.7 Å². The van der Waals surface area contributed by atoms with Gasteiger partial charge in [0.25, 0.3) is 11.6 Å². The summed E-state index contributed by atoms with van der Waals surface area (Å²) in [6.45, 7) is 8.30. The number of nitro groups is 1. The first-order valence-corrected chi connectivity index (χ1v) is 12.6. The summed E-state index contributed by atoms with van der Waals surface area (Å²) in [5.74, 6) is 0.348. The van der Waals surface area contributed by atoms with Crippen molar-refractivity contribution < 1.29 is 19.2 Å². The van der Waals surface area contributed by atoms with Crippen molar-refractivity contribution in [1.29, 1.82) is 0 Å². The zero-order chi connectivity index (χ0) is 27.9. The molecule has 38 heavy (non-hydrogen) atoms. The lowest BCUT2D eigenvalue weighted by Gasteiger charge is -2.22. The fourth-order valence-electron chi connectivity index (χ4n) is 3.85. The molecule has 0 atom stereocenters. The van der Waals surface area contributed by atoms with Gasteiger partial charge in [-0.15, -0.1) is 0 Å². The molecule has 0 aliphatic heterocycles. The van der Waals surface area contributed by atoms with Crippen LogP contribution in [0.1, 0.15) is 63.0 Å². The normalized spacial score (nSPS) is 11.2. The van der Waals surface area contributed by atoms with Crippen LogP contribution in [-0.4, -0.2) is 51.6 Å². The molecule has 0 spiro atoms. The average molecular weight is 522 g/mol. The van der Waals surface area contributed by atoms with Gasteiger partial charge in [0.1, 0.15) is 18.1 Å². The number of nitrogens with zero attached hydrogens (tertiary/aromatic N) is 4. The molecule has 1 N–H and O–H groups in total. The summed E-state index contributed by atoms with van der Waals surface area (Å²) in [7, 11) is 1.59. The summed E-state index contributed by atoms with van der Waals surface area (Å²) in [5.41, 5.74) is 1.26. The molecule has 3 aromatic rings. The van der Waals surface area contributed by atoms with E-state index in [1.54, 1.807) is 11.8 Å². The Morgan fingerprint density at radius 2 is 1.82 bits per heavy atom. The summed E-state index contributed by atoms with van der Waals surface area (Å²) in [6, 6.07) is 14.7. The van der Waals surface area contributed by atoms with Gasteiger partial charge in [-0.3, -0.25) is 19.7 Å². The second-order valence-corrected chi connectivity index (χ2v) is 10.1. The van der Waals surface area contributed by atoms with Crippen LogP contribution >= 0.6 is 0 Å². The van der Waals surface area contributed by atoms with Gasteiger partial charge in [-0.05, 0) is 36.8 Å². The Bertz CT molecular complexity index is 1280. The molecule has 0 aliphatic carbocycles. The second-order valence-electron chi connectivity index (χ2n) is 10.1. The standard InChI is InChI=1S/C28H35N5O5/c1-6-7-8-16-31(27(35)20-10-9-11-22(17-20)33(36)37)19-26(34)29-25-18-24(28(2,3)4)30-32(25)21-12-14-23(38-5)15-13-21/h9-15,17-18H,6-8,16,19H2,1-5H3,(H,29,34). The predicted molar refractivity (Wildman–Crippen MR) is 146 cm³/mol. The van der Waals surface area contributed by atoms with Gasteiger partial charge in [0.05, 0.1) is 23.4 Å². The fourth-order valence-corrected chi connectivity index (χ4v) is 3.85. The molecule has 0 saturated carbocycles. The number of nitrogens with one attached hydrogen (secondary N) is 1. The number of benzene rings is 2. The average Bonchev–Trinajstić information content (AvgIpc) is 3.32. The number of rotatable bonds is 11. The summed E-state index contributed by atoms with van der Waals surface area (Å²) in [5, 5.41) is 18.8. The molecule has 0 saturated heterocycles. The van der Waals surface area contributed by atoms with E-state index in [9.17, 15) is 19.7 Å². The SMILES string of the molecule is CCCCCN(CC(=O)Nc1cc(C(C)(C)C)nn1-c1ccc(OC)cc1)C(=O)c1cccc([N+](=O)[O-])c1. The van der Waals surface area contributed by atoms with E-state index in [1.165, 1.54) is 29.2 Å². The number of amides is 2. The molecule has 0 radical (unpaired) electrons. The topological polar surface area (TPSA) is 120 Å². The van der Waals surface area contributed by atoms with Crippen LogP contribution in [0.4, 0.5) is 11.5 Å². The zero-order valence-corrected chi connectivity index (χ0v) is 22.6. The number of hydrogen-bond acceptors (Lipinski definition) is 6.